The number of nitrogens with zero attached hydrogens (tertiary/aromatic N) is 3. The summed E-state index contributed by atoms with van der Waals surface area (Å²) in [5.41, 5.74) is -0.603. The fraction of sp³-hybridized carbons (Fsp3) is 0.100. The first-order valence-electron chi connectivity index (χ1n) is 4.66. The molecule has 1 aromatic carbocycles. The van der Waals surface area contributed by atoms with Gasteiger partial charge in [0.25, 0.3) is 0 Å². The first-order valence-corrected chi connectivity index (χ1v) is 5.46. The number of hydrogen-bond acceptors (Lipinski definition) is 3. The summed E-state index contributed by atoms with van der Waals surface area (Å²) in [4.78, 5) is 10.5. The molecule has 4 nitrogen and oxygen atoms in total. The van der Waals surface area contributed by atoms with Gasteiger partial charge in [-0.15, -0.1) is 5.10 Å². The second-order valence-corrected chi connectivity index (χ2v) is 4.22. The van der Waals surface area contributed by atoms with Crippen LogP contribution in [0.2, 0.25) is 0 Å². The van der Waals surface area contributed by atoms with Crippen molar-refractivity contribution < 1.29 is 18.0 Å². The van der Waals surface area contributed by atoms with Crippen LogP contribution < -0.4 is 0 Å². The number of rotatable bonds is 2. The molecule has 0 amide bonds. The molecule has 0 bridgehead atoms. The van der Waals surface area contributed by atoms with Crippen LogP contribution in [0.4, 0.5) is 13.2 Å². The highest BCUT2D eigenvalue weighted by molar-refractivity contribution is 9.10. The average molecular weight is 320 g/mol. The topological polar surface area (TPSA) is 47.8 Å². The largest absolute Gasteiger partial charge is 0.416 e. The molecule has 94 valence electrons. The monoisotopic (exact) mass is 319 g/mol. The van der Waals surface area contributed by atoms with Crippen LogP contribution in [0.25, 0.3) is 5.69 Å². The Balaban J connectivity index is 2.52. The molecule has 0 unspecified atom stereocenters. The highest BCUT2D eigenvalue weighted by atomic mass is 79.9. The zero-order valence-electron chi connectivity index (χ0n) is 8.65. The number of benzene rings is 1. The molecule has 0 saturated heterocycles. The van der Waals surface area contributed by atoms with Gasteiger partial charge in [0.1, 0.15) is 5.69 Å². The van der Waals surface area contributed by atoms with Crippen molar-refractivity contribution in [3.8, 4) is 5.69 Å². The van der Waals surface area contributed by atoms with Crippen LogP contribution in [0.1, 0.15) is 16.1 Å². The van der Waals surface area contributed by atoms with E-state index in [2.05, 4.69) is 26.2 Å². The predicted molar refractivity (Wildman–Crippen MR) is 59.4 cm³/mol. The molecule has 0 saturated carbocycles. The number of alkyl halides is 3. The molecular weight excluding hydrogens is 315 g/mol. The molecule has 0 aliphatic carbocycles. The van der Waals surface area contributed by atoms with Crippen LogP contribution in [0.15, 0.2) is 28.9 Å². The SMILES string of the molecule is O=Cc1cn(-c2cc(C(F)(F)F)ccc2Br)nn1. The molecule has 0 atom stereocenters. The lowest BCUT2D eigenvalue weighted by atomic mass is 10.2. The Labute approximate surface area is 108 Å². The van der Waals surface area contributed by atoms with Crippen LogP contribution in [0.3, 0.4) is 0 Å². The Kier molecular flexibility index (Phi) is 3.20. The molecule has 0 N–H and O–H groups in total. The van der Waals surface area contributed by atoms with E-state index in [1.165, 1.54) is 12.3 Å². The Morgan fingerprint density at radius 3 is 2.61 bits per heavy atom. The predicted octanol–water partition coefficient (Wildman–Crippen LogP) is 2.86. The number of aromatic nitrogens is 3. The Morgan fingerprint density at radius 1 is 1.33 bits per heavy atom. The number of carbonyl (C=O) groups is 1. The summed E-state index contributed by atoms with van der Waals surface area (Å²) in [5, 5.41) is 7.07. The number of halogens is 4. The molecule has 0 spiro atoms. The van der Waals surface area contributed by atoms with Crippen molar-refractivity contribution in [2.24, 2.45) is 0 Å². The normalized spacial score (nSPS) is 11.6. The molecular formula is C10H5BrF3N3O. The third kappa shape index (κ3) is 2.42. The highest BCUT2D eigenvalue weighted by Gasteiger charge is 2.31. The summed E-state index contributed by atoms with van der Waals surface area (Å²) < 4.78 is 39.2. The lowest BCUT2D eigenvalue weighted by Crippen LogP contribution is -2.07. The number of carbonyl (C=O) groups excluding carboxylic acids is 1. The molecule has 1 heterocycles. The first-order chi connectivity index (χ1) is 8.41. The van der Waals surface area contributed by atoms with Crippen molar-refractivity contribution >= 4 is 22.2 Å². The lowest BCUT2D eigenvalue weighted by molar-refractivity contribution is -0.137. The number of hydrogen-bond donors (Lipinski definition) is 0. The van der Waals surface area contributed by atoms with Crippen molar-refractivity contribution in [1.82, 2.24) is 15.0 Å². The molecule has 0 fully saturated rings. The van der Waals surface area contributed by atoms with Crippen molar-refractivity contribution in [2.45, 2.75) is 6.18 Å². The Hall–Kier alpha value is -1.70. The fourth-order valence-corrected chi connectivity index (χ4v) is 1.74. The molecule has 0 radical (unpaired) electrons. The van der Waals surface area contributed by atoms with E-state index < -0.39 is 11.7 Å². The summed E-state index contributed by atoms with van der Waals surface area (Å²) >= 11 is 3.12. The van der Waals surface area contributed by atoms with Gasteiger partial charge in [0.2, 0.25) is 0 Å². The maximum atomic E-state index is 12.6. The molecule has 18 heavy (non-hydrogen) atoms. The van der Waals surface area contributed by atoms with E-state index in [4.69, 9.17) is 0 Å². The third-order valence-corrected chi connectivity index (χ3v) is 2.82. The smallest absolute Gasteiger partial charge is 0.296 e. The van der Waals surface area contributed by atoms with Gasteiger partial charge in [-0.3, -0.25) is 4.79 Å². The quantitative estimate of drug-likeness (QED) is 0.800. The number of aldehydes is 1. The summed E-state index contributed by atoms with van der Waals surface area (Å²) in [6.07, 6.45) is -2.73. The average Bonchev–Trinajstić information content (AvgIpc) is 2.76. The Bertz CT molecular complexity index is 594. The van der Waals surface area contributed by atoms with E-state index in [9.17, 15) is 18.0 Å². The maximum Gasteiger partial charge on any atom is 0.416 e. The fourth-order valence-electron chi connectivity index (χ4n) is 1.31. The van der Waals surface area contributed by atoms with E-state index in [1.807, 2.05) is 0 Å². The second kappa shape index (κ2) is 4.52. The maximum absolute atomic E-state index is 12.6. The van der Waals surface area contributed by atoms with Gasteiger partial charge in [0.05, 0.1) is 17.4 Å². The van der Waals surface area contributed by atoms with Gasteiger partial charge < -0.3 is 0 Å². The summed E-state index contributed by atoms with van der Waals surface area (Å²) in [6, 6.07) is 3.14. The van der Waals surface area contributed by atoms with Crippen molar-refractivity contribution in [3.05, 3.63) is 40.1 Å². The minimum Gasteiger partial charge on any atom is -0.296 e. The summed E-state index contributed by atoms with van der Waals surface area (Å²) in [5.74, 6) is 0. The van der Waals surface area contributed by atoms with E-state index >= 15 is 0 Å². The van der Waals surface area contributed by atoms with Gasteiger partial charge in [-0.25, -0.2) is 4.68 Å². The van der Waals surface area contributed by atoms with Crippen LogP contribution >= 0.6 is 15.9 Å². The van der Waals surface area contributed by atoms with Crippen molar-refractivity contribution in [3.63, 3.8) is 0 Å². The Morgan fingerprint density at radius 2 is 2.06 bits per heavy atom. The second-order valence-electron chi connectivity index (χ2n) is 3.37. The molecule has 2 aromatic rings. The molecule has 2 rings (SSSR count). The van der Waals surface area contributed by atoms with E-state index in [0.717, 1.165) is 16.8 Å². The van der Waals surface area contributed by atoms with Gasteiger partial charge >= 0.3 is 6.18 Å². The zero-order valence-corrected chi connectivity index (χ0v) is 10.2. The van der Waals surface area contributed by atoms with Gasteiger partial charge in [0, 0.05) is 4.47 Å². The van der Waals surface area contributed by atoms with Gasteiger partial charge in [0.15, 0.2) is 6.29 Å². The minimum atomic E-state index is -4.44. The van der Waals surface area contributed by atoms with Crippen LogP contribution in [-0.4, -0.2) is 21.3 Å². The molecule has 0 aliphatic rings. The van der Waals surface area contributed by atoms with E-state index in [1.54, 1.807) is 0 Å². The van der Waals surface area contributed by atoms with Gasteiger partial charge in [-0.05, 0) is 34.1 Å². The van der Waals surface area contributed by atoms with Gasteiger partial charge in [-0.2, -0.15) is 13.2 Å². The third-order valence-electron chi connectivity index (χ3n) is 2.15. The lowest BCUT2D eigenvalue weighted by Gasteiger charge is -2.09. The van der Waals surface area contributed by atoms with E-state index in [-0.39, 0.29) is 11.4 Å². The van der Waals surface area contributed by atoms with Crippen LogP contribution in [-0.2, 0) is 6.18 Å². The van der Waals surface area contributed by atoms with E-state index in [0.29, 0.717) is 10.8 Å². The molecule has 0 aliphatic heterocycles. The zero-order chi connectivity index (χ0) is 13.3. The van der Waals surface area contributed by atoms with Crippen molar-refractivity contribution in [1.29, 1.82) is 0 Å². The van der Waals surface area contributed by atoms with Crippen molar-refractivity contribution in [2.75, 3.05) is 0 Å². The molecule has 8 heteroatoms. The minimum absolute atomic E-state index is 0.0410. The summed E-state index contributed by atoms with van der Waals surface area (Å²) in [7, 11) is 0. The van der Waals surface area contributed by atoms with Crippen LogP contribution in [0, 0.1) is 0 Å². The molecule has 1 aromatic heterocycles. The summed E-state index contributed by atoms with van der Waals surface area (Å²) in [6.45, 7) is 0. The first kappa shape index (κ1) is 12.7. The standard InChI is InChI=1S/C10H5BrF3N3O/c11-8-2-1-6(10(12,13)14)3-9(8)17-4-7(5-18)15-16-17/h1-5H. The highest BCUT2D eigenvalue weighted by Crippen LogP contribution is 2.32. The van der Waals surface area contributed by atoms with Crippen LogP contribution in [0.5, 0.6) is 0 Å². The van der Waals surface area contributed by atoms with Gasteiger partial charge in [-0.1, -0.05) is 5.21 Å².